The van der Waals surface area contributed by atoms with Crippen LogP contribution >= 0.6 is 11.6 Å². The monoisotopic (exact) mass is 426 g/mol. The Morgan fingerprint density at radius 1 is 1.28 bits per heavy atom. The molecule has 5 nitrogen and oxygen atoms in total. The number of carbonyl (C=O) groups excluding carboxylic acids is 1. The van der Waals surface area contributed by atoms with Gasteiger partial charge >= 0.3 is 6.18 Å². The zero-order valence-electron chi connectivity index (χ0n) is 15.3. The van der Waals surface area contributed by atoms with Gasteiger partial charge in [-0.25, -0.2) is 0 Å². The van der Waals surface area contributed by atoms with E-state index in [0.717, 1.165) is 0 Å². The van der Waals surface area contributed by atoms with Gasteiger partial charge in [-0.15, -0.1) is 0 Å². The third-order valence-corrected chi connectivity index (χ3v) is 5.98. The molecule has 0 radical (unpaired) electrons. The molecule has 4 rings (SSSR count). The summed E-state index contributed by atoms with van der Waals surface area (Å²) in [5.41, 5.74) is -1.35. The van der Waals surface area contributed by atoms with Crippen LogP contribution in [-0.4, -0.2) is 27.9 Å². The van der Waals surface area contributed by atoms with Crippen LogP contribution < -0.4 is 10.6 Å². The minimum absolute atomic E-state index is 0.0187. The van der Waals surface area contributed by atoms with Gasteiger partial charge in [0.25, 0.3) is 0 Å². The predicted molar refractivity (Wildman–Crippen MR) is 102 cm³/mol. The average Bonchev–Trinajstić information content (AvgIpc) is 3.01. The summed E-state index contributed by atoms with van der Waals surface area (Å²) >= 11 is 5.97. The maximum Gasteiger partial charge on any atom is 0.419 e. The number of benzene rings is 2. The summed E-state index contributed by atoms with van der Waals surface area (Å²) in [6, 6.07) is 5.91. The first-order valence-electron chi connectivity index (χ1n) is 9.01. The molecule has 0 spiro atoms. The Labute approximate surface area is 169 Å². The van der Waals surface area contributed by atoms with Crippen molar-refractivity contribution in [3.63, 3.8) is 0 Å². The van der Waals surface area contributed by atoms with Crippen molar-refractivity contribution < 1.29 is 28.2 Å². The van der Waals surface area contributed by atoms with Gasteiger partial charge in [-0.2, -0.15) is 13.2 Å². The van der Waals surface area contributed by atoms with Crippen molar-refractivity contribution >= 4 is 28.9 Å². The standard InChI is InChI=1S/C20H18ClF3N2O3/c1-9-8-19(29,20(22,23)24)18(10-5-6-12(21)17(28)16(9)10)26-14-4-2-3-13-11(14)7-15(27)25-13/h2-6,9,18,26,28-29H,7-8H2,1H3,(H,25,27)/t9-,18+,19-/m1/s1. The van der Waals surface area contributed by atoms with E-state index in [1.54, 1.807) is 18.2 Å². The molecule has 1 heterocycles. The van der Waals surface area contributed by atoms with Crippen molar-refractivity contribution in [1.29, 1.82) is 0 Å². The normalized spacial score (nSPS) is 25.9. The number of anilines is 2. The maximum atomic E-state index is 14.0. The molecule has 0 fully saturated rings. The van der Waals surface area contributed by atoms with Crippen LogP contribution in [0.2, 0.25) is 5.02 Å². The van der Waals surface area contributed by atoms with Gasteiger partial charge in [0, 0.05) is 22.5 Å². The van der Waals surface area contributed by atoms with Crippen molar-refractivity contribution in [3.8, 4) is 5.75 Å². The van der Waals surface area contributed by atoms with Crippen LogP contribution in [0.1, 0.15) is 42.0 Å². The molecule has 29 heavy (non-hydrogen) atoms. The van der Waals surface area contributed by atoms with E-state index in [9.17, 15) is 28.2 Å². The molecule has 2 aromatic rings. The summed E-state index contributed by atoms with van der Waals surface area (Å²) in [7, 11) is 0. The molecule has 2 aromatic carbocycles. The van der Waals surface area contributed by atoms with Crippen molar-refractivity contribution in [2.45, 2.75) is 43.5 Å². The minimum atomic E-state index is -4.93. The van der Waals surface area contributed by atoms with Crippen molar-refractivity contribution in [1.82, 2.24) is 0 Å². The molecule has 154 valence electrons. The fourth-order valence-electron chi connectivity index (χ4n) is 4.33. The van der Waals surface area contributed by atoms with Gasteiger partial charge in [0.1, 0.15) is 5.75 Å². The Bertz CT molecular complexity index is 1010. The van der Waals surface area contributed by atoms with Crippen molar-refractivity contribution in [2.24, 2.45) is 0 Å². The van der Waals surface area contributed by atoms with Crippen LogP contribution in [0.5, 0.6) is 5.75 Å². The number of fused-ring (bicyclic) bond motifs is 2. The first-order chi connectivity index (χ1) is 13.5. The second-order valence-corrected chi connectivity index (χ2v) is 7.97. The summed E-state index contributed by atoms with van der Waals surface area (Å²) in [5.74, 6) is -1.33. The first-order valence-corrected chi connectivity index (χ1v) is 9.39. The quantitative estimate of drug-likeness (QED) is 0.570. The van der Waals surface area contributed by atoms with Gasteiger partial charge in [-0.05, 0) is 36.1 Å². The summed E-state index contributed by atoms with van der Waals surface area (Å²) in [5, 5.41) is 26.7. The first kappa shape index (κ1) is 19.8. The number of rotatable bonds is 2. The fraction of sp³-hybridized carbons (Fsp3) is 0.350. The molecular formula is C20H18ClF3N2O3. The topological polar surface area (TPSA) is 81.6 Å². The zero-order valence-corrected chi connectivity index (χ0v) is 16.0. The molecule has 1 aliphatic carbocycles. The van der Waals surface area contributed by atoms with Gasteiger partial charge in [-0.1, -0.05) is 30.7 Å². The minimum Gasteiger partial charge on any atom is -0.506 e. The zero-order chi connectivity index (χ0) is 21.1. The summed E-state index contributed by atoms with van der Waals surface area (Å²) in [6.45, 7) is 1.50. The molecule has 0 saturated carbocycles. The lowest BCUT2D eigenvalue weighted by Gasteiger charge is -2.45. The molecular weight excluding hydrogens is 409 g/mol. The number of alkyl halides is 3. The number of halogens is 4. The predicted octanol–water partition coefficient (Wildman–Crippen LogP) is 4.49. The highest BCUT2D eigenvalue weighted by molar-refractivity contribution is 6.32. The van der Waals surface area contributed by atoms with Crippen LogP contribution in [0, 0.1) is 0 Å². The Morgan fingerprint density at radius 2 is 2.00 bits per heavy atom. The van der Waals surface area contributed by atoms with E-state index >= 15 is 0 Å². The highest BCUT2D eigenvalue weighted by atomic mass is 35.5. The van der Waals surface area contributed by atoms with Crippen LogP contribution in [0.3, 0.4) is 0 Å². The molecule has 3 atom stereocenters. The second kappa shape index (κ2) is 6.53. The summed E-state index contributed by atoms with van der Waals surface area (Å²) in [4.78, 5) is 11.7. The fourth-order valence-corrected chi connectivity index (χ4v) is 4.49. The van der Waals surface area contributed by atoms with Gasteiger partial charge < -0.3 is 20.8 Å². The third-order valence-electron chi connectivity index (χ3n) is 5.68. The molecule has 4 N–H and O–H groups in total. The van der Waals surface area contributed by atoms with E-state index < -0.39 is 30.2 Å². The smallest absolute Gasteiger partial charge is 0.419 e. The van der Waals surface area contributed by atoms with Gasteiger partial charge in [0.2, 0.25) is 5.91 Å². The maximum absolute atomic E-state index is 14.0. The van der Waals surface area contributed by atoms with E-state index in [0.29, 0.717) is 16.9 Å². The van der Waals surface area contributed by atoms with Crippen LogP contribution in [0.4, 0.5) is 24.5 Å². The summed E-state index contributed by atoms with van der Waals surface area (Å²) in [6.07, 6.45) is -5.57. The van der Waals surface area contributed by atoms with Gasteiger partial charge in [0.05, 0.1) is 17.5 Å². The lowest BCUT2D eigenvalue weighted by atomic mass is 9.70. The lowest BCUT2D eigenvalue weighted by molar-refractivity contribution is -0.272. The third kappa shape index (κ3) is 3.02. The Balaban J connectivity index is 1.88. The average molecular weight is 427 g/mol. The van der Waals surface area contributed by atoms with E-state index in [1.165, 1.54) is 19.1 Å². The van der Waals surface area contributed by atoms with Crippen LogP contribution in [-0.2, 0) is 11.2 Å². The van der Waals surface area contributed by atoms with E-state index in [1.807, 2.05) is 0 Å². The largest absolute Gasteiger partial charge is 0.506 e. The highest BCUT2D eigenvalue weighted by Crippen LogP contribution is 2.55. The second-order valence-electron chi connectivity index (χ2n) is 7.56. The number of phenols is 1. The Kier molecular flexibility index (Phi) is 4.47. The molecule has 0 saturated heterocycles. The number of nitrogens with one attached hydrogen (secondary N) is 2. The van der Waals surface area contributed by atoms with E-state index in [-0.39, 0.29) is 34.2 Å². The van der Waals surface area contributed by atoms with Crippen molar-refractivity contribution in [3.05, 3.63) is 52.0 Å². The molecule has 2 aliphatic rings. The SMILES string of the molecule is C[C@@H]1C[C@](O)(C(F)(F)F)[C@@H](Nc2cccc3c2CC(=O)N3)c2ccc(Cl)c(O)c21. The molecule has 1 aliphatic heterocycles. The summed E-state index contributed by atoms with van der Waals surface area (Å²) < 4.78 is 42.0. The Hall–Kier alpha value is -2.45. The molecule has 9 heteroatoms. The molecule has 1 amide bonds. The molecule has 0 aromatic heterocycles. The van der Waals surface area contributed by atoms with Crippen LogP contribution in [0.25, 0.3) is 0 Å². The molecule has 0 bridgehead atoms. The number of phenolic OH excluding ortho intramolecular Hbond substituents is 1. The number of amides is 1. The molecule has 0 unspecified atom stereocenters. The van der Waals surface area contributed by atoms with Crippen LogP contribution in [0.15, 0.2) is 30.3 Å². The van der Waals surface area contributed by atoms with E-state index in [2.05, 4.69) is 10.6 Å². The number of hydrogen-bond donors (Lipinski definition) is 4. The number of aromatic hydroxyl groups is 1. The Morgan fingerprint density at radius 3 is 2.69 bits per heavy atom. The number of aliphatic hydroxyl groups is 1. The van der Waals surface area contributed by atoms with E-state index in [4.69, 9.17) is 11.6 Å². The lowest BCUT2D eigenvalue weighted by Crippen LogP contribution is -2.55. The van der Waals surface area contributed by atoms with Crippen molar-refractivity contribution in [2.75, 3.05) is 10.6 Å². The number of carbonyl (C=O) groups is 1. The number of hydrogen-bond acceptors (Lipinski definition) is 4. The van der Waals surface area contributed by atoms with Gasteiger partial charge in [0.15, 0.2) is 5.60 Å². The highest BCUT2D eigenvalue weighted by Gasteiger charge is 2.62. The van der Waals surface area contributed by atoms with Gasteiger partial charge in [-0.3, -0.25) is 4.79 Å².